The average molecular weight is 275 g/mol. The maximum atomic E-state index is 5.73. The van der Waals surface area contributed by atoms with E-state index in [9.17, 15) is 0 Å². The summed E-state index contributed by atoms with van der Waals surface area (Å²) in [5, 5.41) is 3.64. The highest BCUT2D eigenvalue weighted by Gasteiger charge is 2.17. The van der Waals surface area contributed by atoms with Gasteiger partial charge in [-0.15, -0.1) is 0 Å². The molecule has 20 heavy (non-hydrogen) atoms. The smallest absolute Gasteiger partial charge is 0.0576 e. The van der Waals surface area contributed by atoms with Gasteiger partial charge in [0.15, 0.2) is 0 Å². The van der Waals surface area contributed by atoms with E-state index in [1.54, 1.807) is 0 Å². The Balaban J connectivity index is 1.75. The molecule has 2 heteroatoms. The summed E-state index contributed by atoms with van der Waals surface area (Å²) in [6, 6.07) is 9.52. The summed E-state index contributed by atoms with van der Waals surface area (Å²) in [4.78, 5) is 0. The monoisotopic (exact) mass is 275 g/mol. The van der Waals surface area contributed by atoms with E-state index in [2.05, 4.69) is 43.4 Å². The van der Waals surface area contributed by atoms with Crippen LogP contribution in [-0.2, 0) is 11.2 Å². The lowest BCUT2D eigenvalue weighted by Gasteiger charge is -2.19. The number of hydrogen-bond donors (Lipinski definition) is 1. The molecule has 0 aliphatic carbocycles. The van der Waals surface area contributed by atoms with E-state index >= 15 is 0 Å². The Morgan fingerprint density at radius 2 is 2.25 bits per heavy atom. The largest absolute Gasteiger partial charge is 0.378 e. The van der Waals surface area contributed by atoms with E-state index in [0.29, 0.717) is 12.1 Å². The van der Waals surface area contributed by atoms with Crippen molar-refractivity contribution >= 4 is 0 Å². The zero-order valence-electron chi connectivity index (χ0n) is 13.0. The second kappa shape index (κ2) is 8.43. The SMILES string of the molecule is CCNC(CCc1cccc(C)c1)CCC1CCCO1. The second-order valence-electron chi connectivity index (χ2n) is 5.99. The number of aryl methyl sites for hydroxylation is 2. The van der Waals surface area contributed by atoms with Gasteiger partial charge in [-0.05, 0) is 57.6 Å². The van der Waals surface area contributed by atoms with Crippen molar-refractivity contribution in [2.45, 2.75) is 64.5 Å². The first-order valence-corrected chi connectivity index (χ1v) is 8.18. The predicted molar refractivity (Wildman–Crippen MR) is 85.2 cm³/mol. The van der Waals surface area contributed by atoms with Crippen molar-refractivity contribution in [3.8, 4) is 0 Å². The van der Waals surface area contributed by atoms with Crippen LogP contribution in [0.3, 0.4) is 0 Å². The van der Waals surface area contributed by atoms with E-state index in [-0.39, 0.29) is 0 Å². The van der Waals surface area contributed by atoms with Crippen LogP contribution in [0.4, 0.5) is 0 Å². The van der Waals surface area contributed by atoms with Crippen molar-refractivity contribution < 1.29 is 4.74 Å². The van der Waals surface area contributed by atoms with Gasteiger partial charge >= 0.3 is 0 Å². The van der Waals surface area contributed by atoms with Crippen LogP contribution < -0.4 is 5.32 Å². The fourth-order valence-corrected chi connectivity index (χ4v) is 3.10. The van der Waals surface area contributed by atoms with Gasteiger partial charge in [0.05, 0.1) is 6.10 Å². The van der Waals surface area contributed by atoms with Crippen molar-refractivity contribution in [3.63, 3.8) is 0 Å². The Hall–Kier alpha value is -0.860. The van der Waals surface area contributed by atoms with Crippen molar-refractivity contribution in [1.82, 2.24) is 5.32 Å². The van der Waals surface area contributed by atoms with Gasteiger partial charge in [-0.1, -0.05) is 36.8 Å². The van der Waals surface area contributed by atoms with Gasteiger partial charge in [-0.2, -0.15) is 0 Å². The maximum absolute atomic E-state index is 5.73. The van der Waals surface area contributed by atoms with Crippen molar-refractivity contribution in [2.24, 2.45) is 0 Å². The van der Waals surface area contributed by atoms with Gasteiger partial charge in [0, 0.05) is 12.6 Å². The van der Waals surface area contributed by atoms with Crippen molar-refractivity contribution in [2.75, 3.05) is 13.2 Å². The van der Waals surface area contributed by atoms with Crippen LogP contribution in [0.1, 0.15) is 50.2 Å². The molecular formula is C18H29NO. The molecule has 1 saturated heterocycles. The normalized spacial score (nSPS) is 20.2. The predicted octanol–water partition coefficient (Wildman–Crippen LogP) is 3.86. The molecule has 0 bridgehead atoms. The molecule has 1 aliphatic rings. The molecule has 1 heterocycles. The molecule has 0 spiro atoms. The summed E-state index contributed by atoms with van der Waals surface area (Å²) in [5.41, 5.74) is 2.83. The van der Waals surface area contributed by atoms with Gasteiger partial charge in [0.2, 0.25) is 0 Å². The minimum absolute atomic E-state index is 0.523. The lowest BCUT2D eigenvalue weighted by Crippen LogP contribution is -2.30. The molecule has 2 nitrogen and oxygen atoms in total. The number of benzene rings is 1. The van der Waals surface area contributed by atoms with E-state index in [1.807, 2.05) is 0 Å². The summed E-state index contributed by atoms with van der Waals surface area (Å²) in [6.07, 6.45) is 7.89. The van der Waals surface area contributed by atoms with E-state index < -0.39 is 0 Å². The first-order valence-electron chi connectivity index (χ1n) is 8.18. The lowest BCUT2D eigenvalue weighted by atomic mass is 9.98. The van der Waals surface area contributed by atoms with E-state index in [1.165, 1.54) is 49.7 Å². The third kappa shape index (κ3) is 5.26. The van der Waals surface area contributed by atoms with Crippen LogP contribution in [0.15, 0.2) is 24.3 Å². The highest BCUT2D eigenvalue weighted by molar-refractivity contribution is 5.22. The quantitative estimate of drug-likeness (QED) is 0.777. The molecule has 1 aromatic carbocycles. The summed E-state index contributed by atoms with van der Waals surface area (Å²) in [6.45, 7) is 6.40. The topological polar surface area (TPSA) is 21.3 Å². The number of hydrogen-bond acceptors (Lipinski definition) is 2. The molecule has 0 aromatic heterocycles. The highest BCUT2D eigenvalue weighted by Crippen LogP contribution is 2.19. The van der Waals surface area contributed by atoms with Crippen LogP contribution in [-0.4, -0.2) is 25.3 Å². The molecule has 0 amide bonds. The fourth-order valence-electron chi connectivity index (χ4n) is 3.10. The third-order valence-corrected chi connectivity index (χ3v) is 4.22. The Labute approximate surface area is 123 Å². The van der Waals surface area contributed by atoms with Crippen LogP contribution in [0.25, 0.3) is 0 Å². The molecule has 2 atom stereocenters. The van der Waals surface area contributed by atoms with E-state index in [4.69, 9.17) is 4.74 Å². The van der Waals surface area contributed by atoms with Gasteiger partial charge < -0.3 is 10.1 Å². The minimum atomic E-state index is 0.523. The van der Waals surface area contributed by atoms with Crippen molar-refractivity contribution in [3.05, 3.63) is 35.4 Å². The Kier molecular flexibility index (Phi) is 6.55. The number of nitrogens with one attached hydrogen (secondary N) is 1. The second-order valence-corrected chi connectivity index (χ2v) is 5.99. The number of rotatable bonds is 8. The minimum Gasteiger partial charge on any atom is -0.378 e. The standard InChI is InChI=1S/C18H29NO/c1-3-19-17(11-12-18-8-5-13-20-18)10-9-16-7-4-6-15(2)14-16/h4,6-7,14,17-19H,3,5,8-13H2,1-2H3. The molecule has 0 saturated carbocycles. The van der Waals surface area contributed by atoms with Crippen LogP contribution in [0, 0.1) is 6.92 Å². The van der Waals surface area contributed by atoms with Crippen LogP contribution in [0.2, 0.25) is 0 Å². The van der Waals surface area contributed by atoms with Crippen molar-refractivity contribution in [1.29, 1.82) is 0 Å². The first kappa shape index (κ1) is 15.5. The summed E-state index contributed by atoms with van der Waals surface area (Å²) in [7, 11) is 0. The molecule has 1 aromatic rings. The first-order chi connectivity index (χ1) is 9.78. The van der Waals surface area contributed by atoms with Crippen LogP contribution in [0.5, 0.6) is 0 Å². The molecule has 2 unspecified atom stereocenters. The summed E-state index contributed by atoms with van der Waals surface area (Å²) in [5.74, 6) is 0. The summed E-state index contributed by atoms with van der Waals surface area (Å²) < 4.78 is 5.73. The molecule has 0 radical (unpaired) electrons. The Bertz CT molecular complexity index is 385. The summed E-state index contributed by atoms with van der Waals surface area (Å²) >= 11 is 0. The lowest BCUT2D eigenvalue weighted by molar-refractivity contribution is 0.0993. The van der Waals surface area contributed by atoms with Crippen LogP contribution >= 0.6 is 0 Å². The van der Waals surface area contributed by atoms with E-state index in [0.717, 1.165) is 13.2 Å². The zero-order valence-corrected chi connectivity index (χ0v) is 13.0. The number of ether oxygens (including phenoxy) is 1. The van der Waals surface area contributed by atoms with Gasteiger partial charge in [0.1, 0.15) is 0 Å². The molecule has 1 fully saturated rings. The van der Waals surface area contributed by atoms with Gasteiger partial charge in [-0.3, -0.25) is 0 Å². The highest BCUT2D eigenvalue weighted by atomic mass is 16.5. The Morgan fingerprint density at radius 1 is 1.35 bits per heavy atom. The molecule has 1 aliphatic heterocycles. The van der Waals surface area contributed by atoms with Gasteiger partial charge in [-0.25, -0.2) is 0 Å². The molecule has 112 valence electrons. The van der Waals surface area contributed by atoms with Gasteiger partial charge in [0.25, 0.3) is 0 Å². The fraction of sp³-hybridized carbons (Fsp3) is 0.667. The zero-order chi connectivity index (χ0) is 14.2. The molecule has 2 rings (SSSR count). The third-order valence-electron chi connectivity index (χ3n) is 4.22. The Morgan fingerprint density at radius 3 is 2.95 bits per heavy atom. The molecular weight excluding hydrogens is 246 g/mol. The molecule has 1 N–H and O–H groups in total. The average Bonchev–Trinajstić information content (AvgIpc) is 2.95. The maximum Gasteiger partial charge on any atom is 0.0576 e.